The molecule has 1 aromatic heterocycles. The van der Waals surface area contributed by atoms with Crippen molar-refractivity contribution in [1.29, 1.82) is 0 Å². The molecule has 132 valence electrons. The van der Waals surface area contributed by atoms with Gasteiger partial charge in [-0.05, 0) is 19.9 Å². The van der Waals surface area contributed by atoms with Crippen molar-refractivity contribution in [3.8, 4) is 0 Å². The molecule has 7 heteroatoms. The normalized spacial score (nSPS) is 20.5. The Balaban J connectivity index is 1.71. The van der Waals surface area contributed by atoms with Gasteiger partial charge in [0.2, 0.25) is 5.56 Å². The Bertz CT molecular complexity index is 850. The van der Waals surface area contributed by atoms with Crippen LogP contribution in [0.25, 0.3) is 10.9 Å². The monoisotopic (exact) mass is 344 g/mol. The summed E-state index contributed by atoms with van der Waals surface area (Å²) in [7, 11) is 0. The van der Waals surface area contributed by atoms with E-state index < -0.39 is 11.5 Å². The van der Waals surface area contributed by atoms with E-state index in [4.69, 9.17) is 9.47 Å². The van der Waals surface area contributed by atoms with Gasteiger partial charge in [0.1, 0.15) is 0 Å². The molecular weight excluding hydrogens is 324 g/mol. The van der Waals surface area contributed by atoms with Gasteiger partial charge in [0.15, 0.2) is 6.61 Å². The van der Waals surface area contributed by atoms with Gasteiger partial charge in [-0.1, -0.05) is 18.2 Å². The number of nitrogens with zero attached hydrogens (tertiary/aromatic N) is 1. The third-order valence-corrected chi connectivity index (χ3v) is 4.07. The molecule has 1 aliphatic heterocycles. The fourth-order valence-electron chi connectivity index (χ4n) is 3.05. The Morgan fingerprint density at radius 3 is 2.64 bits per heavy atom. The van der Waals surface area contributed by atoms with Gasteiger partial charge < -0.3 is 19.4 Å². The fraction of sp³-hybridized carbons (Fsp3) is 0.389. The largest absolute Gasteiger partial charge is 0.452 e. The Labute approximate surface area is 144 Å². The number of rotatable bonds is 3. The molecule has 1 amide bonds. The number of nitrogens with one attached hydrogen (secondary N) is 1. The van der Waals surface area contributed by atoms with E-state index in [0.29, 0.717) is 24.0 Å². The number of aromatic nitrogens is 1. The van der Waals surface area contributed by atoms with E-state index in [9.17, 15) is 14.4 Å². The minimum Gasteiger partial charge on any atom is -0.452 e. The molecule has 0 saturated carbocycles. The number of hydrogen-bond donors (Lipinski definition) is 1. The number of amides is 1. The Hall–Kier alpha value is -2.67. The zero-order valence-corrected chi connectivity index (χ0v) is 14.2. The van der Waals surface area contributed by atoms with Gasteiger partial charge >= 0.3 is 5.97 Å². The van der Waals surface area contributed by atoms with Gasteiger partial charge in [-0.2, -0.15) is 0 Å². The molecule has 1 fully saturated rings. The summed E-state index contributed by atoms with van der Waals surface area (Å²) in [6.07, 6.45) is -0.111. The number of fused-ring (bicyclic) bond motifs is 1. The van der Waals surface area contributed by atoms with Crippen LogP contribution in [0.3, 0.4) is 0 Å². The zero-order valence-electron chi connectivity index (χ0n) is 14.2. The molecule has 0 aliphatic carbocycles. The standard InChI is InChI=1S/C18H20N2O5/c1-11-8-20(9-12(2)25-11)17(22)10-24-18(23)14-7-16(21)19-15-6-4-3-5-13(14)15/h3-7,11-12H,8-10H2,1-2H3,(H,19,21)/t11-,12-/m1/s1. The molecule has 3 rings (SSSR count). The molecule has 0 unspecified atom stereocenters. The number of para-hydroxylation sites is 1. The second kappa shape index (κ2) is 7.06. The van der Waals surface area contributed by atoms with Crippen molar-refractivity contribution in [2.75, 3.05) is 19.7 Å². The highest BCUT2D eigenvalue weighted by atomic mass is 16.5. The molecule has 1 aromatic carbocycles. The lowest BCUT2D eigenvalue weighted by atomic mass is 10.1. The van der Waals surface area contributed by atoms with Crippen molar-refractivity contribution >= 4 is 22.8 Å². The molecule has 7 nitrogen and oxygen atoms in total. The third-order valence-electron chi connectivity index (χ3n) is 4.07. The number of morpholine rings is 1. The van der Waals surface area contributed by atoms with Crippen LogP contribution < -0.4 is 5.56 Å². The summed E-state index contributed by atoms with van der Waals surface area (Å²) in [4.78, 5) is 40.6. The number of carbonyl (C=O) groups is 2. The molecule has 25 heavy (non-hydrogen) atoms. The molecule has 2 atom stereocenters. The maximum Gasteiger partial charge on any atom is 0.339 e. The quantitative estimate of drug-likeness (QED) is 0.849. The number of H-pyrrole nitrogens is 1. The van der Waals surface area contributed by atoms with Crippen molar-refractivity contribution in [2.45, 2.75) is 26.1 Å². The van der Waals surface area contributed by atoms with Gasteiger partial charge in [0, 0.05) is 30.1 Å². The van der Waals surface area contributed by atoms with E-state index >= 15 is 0 Å². The van der Waals surface area contributed by atoms with E-state index in [0.717, 1.165) is 0 Å². The van der Waals surface area contributed by atoms with Crippen LogP contribution >= 0.6 is 0 Å². The predicted molar refractivity (Wildman–Crippen MR) is 91.4 cm³/mol. The second-order valence-corrected chi connectivity index (χ2v) is 6.23. The Morgan fingerprint density at radius 2 is 1.92 bits per heavy atom. The lowest BCUT2D eigenvalue weighted by Gasteiger charge is -2.35. The van der Waals surface area contributed by atoms with Crippen LogP contribution in [0.1, 0.15) is 24.2 Å². The molecule has 1 N–H and O–H groups in total. The van der Waals surface area contributed by atoms with Gasteiger partial charge in [0.25, 0.3) is 5.91 Å². The first-order chi connectivity index (χ1) is 11.9. The van der Waals surface area contributed by atoms with E-state index in [1.54, 1.807) is 29.2 Å². The van der Waals surface area contributed by atoms with E-state index in [1.165, 1.54) is 6.07 Å². The minimum absolute atomic E-state index is 0.0555. The molecule has 1 saturated heterocycles. The van der Waals surface area contributed by atoms with Crippen LogP contribution in [-0.4, -0.2) is 53.7 Å². The number of esters is 1. The lowest BCUT2D eigenvalue weighted by Crippen LogP contribution is -2.49. The number of ether oxygens (including phenoxy) is 2. The van der Waals surface area contributed by atoms with Gasteiger partial charge in [-0.15, -0.1) is 0 Å². The molecule has 1 aliphatic rings. The van der Waals surface area contributed by atoms with Crippen LogP contribution in [0.5, 0.6) is 0 Å². The van der Waals surface area contributed by atoms with Crippen molar-refractivity contribution in [2.24, 2.45) is 0 Å². The van der Waals surface area contributed by atoms with Gasteiger partial charge in [-0.25, -0.2) is 4.79 Å². The smallest absolute Gasteiger partial charge is 0.339 e. The highest BCUT2D eigenvalue weighted by Crippen LogP contribution is 2.16. The highest BCUT2D eigenvalue weighted by molar-refractivity contribution is 6.03. The summed E-state index contributed by atoms with van der Waals surface area (Å²) in [5.41, 5.74) is 0.299. The SMILES string of the molecule is C[C@@H]1CN(C(=O)COC(=O)c2cc(=O)[nH]c3ccccc23)C[C@@H](C)O1. The average molecular weight is 344 g/mol. The maximum atomic E-state index is 12.4. The van der Waals surface area contributed by atoms with Crippen LogP contribution in [0.15, 0.2) is 35.1 Å². The number of hydrogen-bond acceptors (Lipinski definition) is 5. The van der Waals surface area contributed by atoms with Crippen molar-refractivity contribution in [3.63, 3.8) is 0 Å². The summed E-state index contributed by atoms with van der Waals surface area (Å²) < 4.78 is 10.7. The summed E-state index contributed by atoms with van der Waals surface area (Å²) >= 11 is 0. The number of pyridine rings is 1. The molecule has 0 spiro atoms. The number of benzene rings is 1. The molecule has 0 radical (unpaired) electrons. The zero-order chi connectivity index (χ0) is 18.0. The summed E-state index contributed by atoms with van der Waals surface area (Å²) in [6.45, 7) is 4.36. The van der Waals surface area contributed by atoms with Crippen LogP contribution in [-0.2, 0) is 14.3 Å². The summed E-state index contributed by atoms with van der Waals surface area (Å²) in [5.74, 6) is -0.963. The minimum atomic E-state index is -0.690. The molecule has 2 heterocycles. The Kier molecular flexibility index (Phi) is 4.85. The topological polar surface area (TPSA) is 88.7 Å². The van der Waals surface area contributed by atoms with E-state index in [-0.39, 0.29) is 30.3 Å². The van der Waals surface area contributed by atoms with E-state index in [1.807, 2.05) is 13.8 Å². The average Bonchev–Trinajstić information content (AvgIpc) is 2.57. The summed E-state index contributed by atoms with van der Waals surface area (Å²) in [5, 5.41) is 0.577. The van der Waals surface area contributed by atoms with Crippen LogP contribution in [0.2, 0.25) is 0 Å². The third kappa shape index (κ3) is 3.88. The van der Waals surface area contributed by atoms with Crippen molar-refractivity contribution < 1.29 is 19.1 Å². The van der Waals surface area contributed by atoms with Crippen molar-refractivity contribution in [1.82, 2.24) is 9.88 Å². The fourth-order valence-corrected chi connectivity index (χ4v) is 3.05. The van der Waals surface area contributed by atoms with Gasteiger partial charge in [0.05, 0.1) is 17.8 Å². The molecule has 2 aromatic rings. The molecular formula is C18H20N2O5. The first-order valence-electron chi connectivity index (χ1n) is 8.16. The number of aromatic amines is 1. The number of carbonyl (C=O) groups excluding carboxylic acids is 2. The Morgan fingerprint density at radius 1 is 1.24 bits per heavy atom. The second-order valence-electron chi connectivity index (χ2n) is 6.23. The van der Waals surface area contributed by atoms with Gasteiger partial charge in [-0.3, -0.25) is 9.59 Å². The predicted octanol–water partition coefficient (Wildman–Crippen LogP) is 1.32. The summed E-state index contributed by atoms with van der Waals surface area (Å²) in [6, 6.07) is 8.13. The lowest BCUT2D eigenvalue weighted by molar-refractivity contribution is -0.146. The van der Waals surface area contributed by atoms with Crippen LogP contribution in [0, 0.1) is 0 Å². The molecule has 0 bridgehead atoms. The van der Waals surface area contributed by atoms with Crippen LogP contribution in [0.4, 0.5) is 0 Å². The van der Waals surface area contributed by atoms with E-state index in [2.05, 4.69) is 4.98 Å². The first-order valence-corrected chi connectivity index (χ1v) is 8.16. The maximum absolute atomic E-state index is 12.4. The first kappa shape index (κ1) is 17.2. The highest BCUT2D eigenvalue weighted by Gasteiger charge is 2.26. The van der Waals surface area contributed by atoms with Crippen molar-refractivity contribution in [3.05, 3.63) is 46.2 Å².